The molecule has 108 valence electrons. The van der Waals surface area contributed by atoms with E-state index in [1.807, 2.05) is 0 Å². The van der Waals surface area contributed by atoms with Gasteiger partial charge < -0.3 is 14.7 Å². The van der Waals surface area contributed by atoms with E-state index in [-0.39, 0.29) is 11.8 Å². The zero-order valence-corrected chi connectivity index (χ0v) is 11.6. The fourth-order valence-electron chi connectivity index (χ4n) is 3.18. The molecule has 2 fully saturated rings. The summed E-state index contributed by atoms with van der Waals surface area (Å²) in [5.41, 5.74) is -0.0168. The summed E-state index contributed by atoms with van der Waals surface area (Å²) in [6.07, 6.45) is 6.05. The molecule has 1 aliphatic carbocycles. The molecule has 1 atom stereocenters. The van der Waals surface area contributed by atoms with Crippen LogP contribution in [-0.4, -0.2) is 33.5 Å². The van der Waals surface area contributed by atoms with Gasteiger partial charge in [-0.15, -0.1) is 0 Å². The highest BCUT2D eigenvalue weighted by atomic mass is 16.5. The Labute approximate surface area is 117 Å². The van der Waals surface area contributed by atoms with Crippen LogP contribution < -0.4 is 5.32 Å². The second-order valence-electron chi connectivity index (χ2n) is 5.73. The number of carbonyl (C=O) groups excluding carboxylic acids is 2. The first-order chi connectivity index (χ1) is 9.62. The second kappa shape index (κ2) is 4.92. The summed E-state index contributed by atoms with van der Waals surface area (Å²) in [6.45, 7) is 2.08. The number of carbonyl (C=O) groups is 2. The summed E-state index contributed by atoms with van der Waals surface area (Å²) in [5.74, 6) is -0.0534. The highest BCUT2D eigenvalue weighted by Gasteiger charge is 2.49. The molecule has 6 nitrogen and oxygen atoms in total. The largest absolute Gasteiger partial charge is 0.364 e. The highest BCUT2D eigenvalue weighted by Crippen LogP contribution is 2.33. The normalized spacial score (nSPS) is 25.9. The van der Waals surface area contributed by atoms with Gasteiger partial charge in [0.25, 0.3) is 0 Å². The molecule has 0 radical (unpaired) electrons. The van der Waals surface area contributed by atoms with Crippen LogP contribution in [0.3, 0.4) is 0 Å². The minimum Gasteiger partial charge on any atom is -0.364 e. The van der Waals surface area contributed by atoms with E-state index >= 15 is 0 Å². The first kappa shape index (κ1) is 13.1. The minimum absolute atomic E-state index is 0.0206. The van der Waals surface area contributed by atoms with Gasteiger partial charge in [0.05, 0.1) is 6.54 Å². The standard InChI is InChI=1S/C14H19N3O3/c1-10-12(18)15-14(6-3-2-4-7-14)13(19)17(10)9-11-5-8-20-16-11/h5,8,10H,2-4,6-7,9H2,1H3,(H,15,18). The van der Waals surface area contributed by atoms with Crippen LogP contribution in [0.15, 0.2) is 16.9 Å². The molecule has 1 aliphatic heterocycles. The van der Waals surface area contributed by atoms with E-state index in [2.05, 4.69) is 10.5 Å². The molecular formula is C14H19N3O3. The van der Waals surface area contributed by atoms with Gasteiger partial charge in [-0.3, -0.25) is 9.59 Å². The average molecular weight is 277 g/mol. The lowest BCUT2D eigenvalue weighted by atomic mass is 9.78. The highest BCUT2D eigenvalue weighted by molar-refractivity contribution is 5.99. The Bertz CT molecular complexity index is 506. The van der Waals surface area contributed by atoms with Crippen molar-refractivity contribution in [3.05, 3.63) is 18.0 Å². The Balaban J connectivity index is 1.86. The number of nitrogens with zero attached hydrogens (tertiary/aromatic N) is 2. The third-order valence-corrected chi connectivity index (χ3v) is 4.41. The molecule has 0 bridgehead atoms. The summed E-state index contributed by atoms with van der Waals surface area (Å²) in [7, 11) is 0. The predicted molar refractivity (Wildman–Crippen MR) is 70.5 cm³/mol. The Hall–Kier alpha value is -1.85. The van der Waals surface area contributed by atoms with Gasteiger partial charge in [0.1, 0.15) is 23.5 Å². The summed E-state index contributed by atoms with van der Waals surface area (Å²) < 4.78 is 4.80. The first-order valence-electron chi connectivity index (χ1n) is 7.15. The third-order valence-electron chi connectivity index (χ3n) is 4.41. The predicted octanol–water partition coefficient (Wildman–Crippen LogP) is 1.22. The summed E-state index contributed by atoms with van der Waals surface area (Å²) in [6, 6.07) is 1.26. The fourth-order valence-corrected chi connectivity index (χ4v) is 3.18. The van der Waals surface area contributed by atoms with Gasteiger partial charge in [0.2, 0.25) is 11.8 Å². The topological polar surface area (TPSA) is 75.4 Å². The van der Waals surface area contributed by atoms with Crippen LogP contribution in [0.5, 0.6) is 0 Å². The van der Waals surface area contributed by atoms with Crippen LogP contribution in [0, 0.1) is 0 Å². The molecule has 1 spiro atoms. The van der Waals surface area contributed by atoms with Crippen molar-refractivity contribution >= 4 is 11.8 Å². The molecule has 2 aliphatic rings. The number of piperazine rings is 1. The van der Waals surface area contributed by atoms with Crippen molar-refractivity contribution in [3.63, 3.8) is 0 Å². The van der Waals surface area contributed by atoms with Crippen molar-refractivity contribution in [1.82, 2.24) is 15.4 Å². The second-order valence-corrected chi connectivity index (χ2v) is 5.73. The Morgan fingerprint density at radius 1 is 1.40 bits per heavy atom. The van der Waals surface area contributed by atoms with Crippen molar-refractivity contribution in [2.24, 2.45) is 0 Å². The first-order valence-corrected chi connectivity index (χ1v) is 7.15. The average Bonchev–Trinajstić information content (AvgIpc) is 2.96. The lowest BCUT2D eigenvalue weighted by Gasteiger charge is -2.46. The van der Waals surface area contributed by atoms with E-state index < -0.39 is 11.6 Å². The Morgan fingerprint density at radius 2 is 2.15 bits per heavy atom. The maximum atomic E-state index is 12.8. The van der Waals surface area contributed by atoms with Crippen molar-refractivity contribution < 1.29 is 14.1 Å². The van der Waals surface area contributed by atoms with Crippen molar-refractivity contribution in [2.45, 2.75) is 57.2 Å². The molecule has 0 aromatic carbocycles. The van der Waals surface area contributed by atoms with Crippen molar-refractivity contribution in [1.29, 1.82) is 0 Å². The van der Waals surface area contributed by atoms with Gasteiger partial charge in [0, 0.05) is 6.07 Å². The van der Waals surface area contributed by atoms with Gasteiger partial charge in [-0.1, -0.05) is 24.4 Å². The number of aromatic nitrogens is 1. The molecule has 6 heteroatoms. The van der Waals surface area contributed by atoms with E-state index in [1.165, 1.54) is 6.26 Å². The zero-order valence-electron chi connectivity index (χ0n) is 11.6. The third kappa shape index (κ3) is 2.09. The maximum absolute atomic E-state index is 12.8. The molecule has 1 saturated heterocycles. The fraction of sp³-hybridized carbons (Fsp3) is 0.643. The van der Waals surface area contributed by atoms with Crippen molar-refractivity contribution in [3.8, 4) is 0 Å². The molecule has 1 aromatic heterocycles. The number of hydrogen-bond acceptors (Lipinski definition) is 4. The summed E-state index contributed by atoms with van der Waals surface area (Å²) in [4.78, 5) is 26.7. The van der Waals surface area contributed by atoms with E-state index in [1.54, 1.807) is 17.9 Å². The van der Waals surface area contributed by atoms with Crippen LogP contribution in [0.2, 0.25) is 0 Å². The molecule has 2 amide bonds. The molecular weight excluding hydrogens is 258 g/mol. The lowest BCUT2D eigenvalue weighted by molar-refractivity contribution is -0.156. The Kier molecular flexibility index (Phi) is 3.23. The van der Waals surface area contributed by atoms with Gasteiger partial charge in [-0.05, 0) is 19.8 Å². The van der Waals surface area contributed by atoms with Crippen LogP contribution >= 0.6 is 0 Å². The molecule has 1 unspecified atom stereocenters. The molecule has 3 rings (SSSR count). The molecule has 2 heterocycles. The van der Waals surface area contributed by atoms with Crippen LogP contribution in [-0.2, 0) is 16.1 Å². The van der Waals surface area contributed by atoms with E-state index in [9.17, 15) is 9.59 Å². The lowest BCUT2D eigenvalue weighted by Crippen LogP contribution is -2.69. The van der Waals surface area contributed by atoms with E-state index in [4.69, 9.17) is 4.52 Å². The quantitative estimate of drug-likeness (QED) is 0.882. The van der Waals surface area contributed by atoms with Crippen LogP contribution in [0.25, 0.3) is 0 Å². The molecule has 1 N–H and O–H groups in total. The molecule has 20 heavy (non-hydrogen) atoms. The van der Waals surface area contributed by atoms with E-state index in [0.717, 1.165) is 32.1 Å². The smallest absolute Gasteiger partial charge is 0.249 e. The number of amides is 2. The summed E-state index contributed by atoms with van der Waals surface area (Å²) in [5, 5.41) is 6.80. The van der Waals surface area contributed by atoms with Crippen molar-refractivity contribution in [2.75, 3.05) is 0 Å². The minimum atomic E-state index is -0.689. The number of rotatable bonds is 2. The monoisotopic (exact) mass is 277 g/mol. The van der Waals surface area contributed by atoms with Gasteiger partial charge >= 0.3 is 0 Å². The van der Waals surface area contributed by atoms with Gasteiger partial charge in [0.15, 0.2) is 0 Å². The van der Waals surface area contributed by atoms with Crippen LogP contribution in [0.1, 0.15) is 44.7 Å². The maximum Gasteiger partial charge on any atom is 0.249 e. The van der Waals surface area contributed by atoms with Crippen LogP contribution in [0.4, 0.5) is 0 Å². The van der Waals surface area contributed by atoms with Gasteiger partial charge in [-0.25, -0.2) is 0 Å². The number of nitrogens with one attached hydrogen (secondary N) is 1. The van der Waals surface area contributed by atoms with Gasteiger partial charge in [-0.2, -0.15) is 0 Å². The molecule has 1 saturated carbocycles. The van der Waals surface area contributed by atoms with E-state index in [0.29, 0.717) is 12.2 Å². The Morgan fingerprint density at radius 3 is 2.80 bits per heavy atom. The molecule has 1 aromatic rings. The number of hydrogen-bond donors (Lipinski definition) is 1. The zero-order chi connectivity index (χ0) is 14.2. The summed E-state index contributed by atoms with van der Waals surface area (Å²) >= 11 is 0. The SMILES string of the molecule is CC1C(=O)NC2(CCCCC2)C(=O)N1Cc1ccon1.